The fourth-order valence-electron chi connectivity index (χ4n) is 3.30. The number of rotatable bonds is 5. The first-order valence-corrected chi connectivity index (χ1v) is 10.4. The third-order valence-corrected chi connectivity index (χ3v) is 6.04. The van der Waals surface area contributed by atoms with Crippen LogP contribution in [0.5, 0.6) is 0 Å². The lowest BCUT2D eigenvalue weighted by molar-refractivity contribution is -0.140. The Morgan fingerprint density at radius 2 is 2.03 bits per heavy atom. The van der Waals surface area contributed by atoms with Gasteiger partial charge in [-0.3, -0.25) is 4.99 Å². The molecule has 1 fully saturated rings. The number of thiazole rings is 1. The average molecular weight is 575 g/mol. The van der Waals surface area contributed by atoms with Crippen LogP contribution in [-0.2, 0) is 22.9 Å². The Hall–Kier alpha value is -1.11. The van der Waals surface area contributed by atoms with Crippen molar-refractivity contribution in [2.75, 3.05) is 26.8 Å². The molecule has 1 saturated heterocycles. The summed E-state index contributed by atoms with van der Waals surface area (Å²) >= 11 is 7.16. The predicted molar refractivity (Wildman–Crippen MR) is 124 cm³/mol. The first kappa shape index (κ1) is 25.2. The standard InChI is InChI=1S/C19H22ClF3N4OS.HI/c1-24-17(25-10-16-27-15(11-29-16)19(21,22)23)26-12-18(5-7-28-8-6-18)13-3-2-4-14(20)9-13;/h2-4,9,11H,5-8,10,12H2,1H3,(H2,24,25,26);1H. The molecular weight excluding hydrogens is 552 g/mol. The minimum absolute atomic E-state index is 0. The van der Waals surface area contributed by atoms with Gasteiger partial charge in [-0.25, -0.2) is 4.98 Å². The minimum atomic E-state index is -4.43. The molecular formula is C19H23ClF3IN4OS. The highest BCUT2D eigenvalue weighted by Gasteiger charge is 2.35. The van der Waals surface area contributed by atoms with Gasteiger partial charge in [-0.1, -0.05) is 23.7 Å². The lowest BCUT2D eigenvalue weighted by atomic mass is 9.74. The van der Waals surface area contributed by atoms with Gasteiger partial charge in [0.15, 0.2) is 11.7 Å². The molecule has 1 aromatic heterocycles. The molecule has 166 valence electrons. The van der Waals surface area contributed by atoms with Crippen molar-refractivity contribution in [3.63, 3.8) is 0 Å². The zero-order chi connectivity index (χ0) is 20.9. The van der Waals surface area contributed by atoms with Crippen LogP contribution in [0, 0.1) is 0 Å². The monoisotopic (exact) mass is 574 g/mol. The van der Waals surface area contributed by atoms with Crippen LogP contribution in [0.3, 0.4) is 0 Å². The van der Waals surface area contributed by atoms with E-state index in [1.807, 2.05) is 18.2 Å². The SMILES string of the molecule is CN=C(NCc1nc(C(F)(F)F)cs1)NCC1(c2cccc(Cl)c2)CCOCC1.I. The van der Waals surface area contributed by atoms with Gasteiger partial charge < -0.3 is 15.4 Å². The quantitative estimate of drug-likeness (QED) is 0.305. The van der Waals surface area contributed by atoms with Crippen LogP contribution < -0.4 is 10.6 Å². The Morgan fingerprint density at radius 1 is 1.30 bits per heavy atom. The second-order valence-electron chi connectivity index (χ2n) is 6.81. The average Bonchev–Trinajstić information content (AvgIpc) is 3.18. The summed E-state index contributed by atoms with van der Waals surface area (Å²) in [6.45, 7) is 2.06. The van der Waals surface area contributed by atoms with Crippen LogP contribution in [-0.4, -0.2) is 37.7 Å². The summed E-state index contributed by atoms with van der Waals surface area (Å²) in [6.07, 6.45) is -2.77. The number of hydrogen-bond acceptors (Lipinski definition) is 4. The molecule has 0 saturated carbocycles. The van der Waals surface area contributed by atoms with Gasteiger partial charge in [-0.15, -0.1) is 35.3 Å². The second kappa shape index (κ2) is 11.0. The summed E-state index contributed by atoms with van der Waals surface area (Å²) in [5.74, 6) is 0.502. The first-order valence-electron chi connectivity index (χ1n) is 9.12. The Balaban J connectivity index is 0.00000320. The van der Waals surface area contributed by atoms with Crippen molar-refractivity contribution in [3.05, 3.63) is 50.9 Å². The van der Waals surface area contributed by atoms with Crippen molar-refractivity contribution < 1.29 is 17.9 Å². The number of aliphatic imine (C=N–C) groups is 1. The molecule has 30 heavy (non-hydrogen) atoms. The minimum Gasteiger partial charge on any atom is -0.381 e. The Morgan fingerprint density at radius 3 is 2.63 bits per heavy atom. The van der Waals surface area contributed by atoms with E-state index in [-0.39, 0.29) is 35.9 Å². The van der Waals surface area contributed by atoms with Gasteiger partial charge in [-0.2, -0.15) is 13.2 Å². The number of nitrogens with one attached hydrogen (secondary N) is 2. The molecule has 3 rings (SSSR count). The molecule has 1 aliphatic rings. The fraction of sp³-hybridized carbons (Fsp3) is 0.474. The number of halogens is 5. The van der Waals surface area contributed by atoms with Gasteiger partial charge in [0.2, 0.25) is 0 Å². The van der Waals surface area contributed by atoms with Gasteiger partial charge in [0, 0.05) is 42.6 Å². The number of ether oxygens (including phenoxy) is 1. The van der Waals surface area contributed by atoms with Gasteiger partial charge >= 0.3 is 6.18 Å². The zero-order valence-electron chi connectivity index (χ0n) is 16.3. The molecule has 0 aliphatic carbocycles. The molecule has 2 N–H and O–H groups in total. The van der Waals surface area contributed by atoms with Crippen molar-refractivity contribution in [1.82, 2.24) is 15.6 Å². The maximum absolute atomic E-state index is 12.7. The maximum Gasteiger partial charge on any atom is 0.434 e. The normalized spacial score (nSPS) is 16.6. The van der Waals surface area contributed by atoms with E-state index in [1.165, 1.54) is 0 Å². The summed E-state index contributed by atoms with van der Waals surface area (Å²) in [4.78, 5) is 7.80. The van der Waals surface area contributed by atoms with Crippen LogP contribution in [0.2, 0.25) is 5.02 Å². The van der Waals surface area contributed by atoms with E-state index < -0.39 is 11.9 Å². The smallest absolute Gasteiger partial charge is 0.381 e. The van der Waals surface area contributed by atoms with Crippen molar-refractivity contribution in [2.45, 2.75) is 31.0 Å². The highest BCUT2D eigenvalue weighted by Crippen LogP contribution is 2.35. The van der Waals surface area contributed by atoms with Gasteiger partial charge in [0.1, 0.15) is 5.01 Å². The maximum atomic E-state index is 12.7. The third-order valence-electron chi connectivity index (χ3n) is 4.95. The van der Waals surface area contributed by atoms with E-state index in [0.717, 1.165) is 35.1 Å². The van der Waals surface area contributed by atoms with E-state index in [1.54, 1.807) is 7.05 Å². The number of aromatic nitrogens is 1. The molecule has 5 nitrogen and oxygen atoms in total. The number of alkyl halides is 3. The summed E-state index contributed by atoms with van der Waals surface area (Å²) in [5, 5.41) is 8.37. The fourth-order valence-corrected chi connectivity index (χ4v) is 4.23. The number of guanidine groups is 1. The summed E-state index contributed by atoms with van der Waals surface area (Å²) in [6, 6.07) is 7.81. The van der Waals surface area contributed by atoms with E-state index >= 15 is 0 Å². The summed E-state index contributed by atoms with van der Waals surface area (Å²) < 4.78 is 43.6. The highest BCUT2D eigenvalue weighted by atomic mass is 127. The molecule has 2 aromatic rings. The van der Waals surface area contributed by atoms with E-state index in [2.05, 4.69) is 26.7 Å². The third kappa shape index (κ3) is 6.44. The summed E-state index contributed by atoms with van der Waals surface area (Å²) in [7, 11) is 1.62. The van der Waals surface area contributed by atoms with Crippen molar-refractivity contribution in [2.24, 2.45) is 4.99 Å². The molecule has 0 atom stereocenters. The van der Waals surface area contributed by atoms with E-state index in [9.17, 15) is 13.2 Å². The molecule has 2 heterocycles. The van der Waals surface area contributed by atoms with Crippen LogP contribution >= 0.6 is 46.9 Å². The Labute approximate surface area is 199 Å². The van der Waals surface area contributed by atoms with Gasteiger partial charge in [0.25, 0.3) is 0 Å². The molecule has 1 aliphatic heterocycles. The van der Waals surface area contributed by atoms with Crippen molar-refractivity contribution in [1.29, 1.82) is 0 Å². The Bertz CT molecular complexity index is 856. The summed E-state index contributed by atoms with van der Waals surface area (Å²) in [5.41, 5.74) is 0.0983. The molecule has 0 unspecified atom stereocenters. The van der Waals surface area contributed by atoms with Crippen LogP contribution in [0.1, 0.15) is 29.1 Å². The molecule has 0 spiro atoms. The predicted octanol–water partition coefficient (Wildman–Crippen LogP) is 4.85. The van der Waals surface area contributed by atoms with Crippen LogP contribution in [0.25, 0.3) is 0 Å². The molecule has 0 amide bonds. The van der Waals surface area contributed by atoms with E-state index in [4.69, 9.17) is 16.3 Å². The van der Waals surface area contributed by atoms with Crippen LogP contribution in [0.15, 0.2) is 34.6 Å². The zero-order valence-corrected chi connectivity index (χ0v) is 20.2. The largest absolute Gasteiger partial charge is 0.434 e. The van der Waals surface area contributed by atoms with Gasteiger partial charge in [0.05, 0.1) is 6.54 Å². The van der Waals surface area contributed by atoms with Crippen molar-refractivity contribution in [3.8, 4) is 0 Å². The Kier molecular flexibility index (Phi) is 9.19. The van der Waals surface area contributed by atoms with Gasteiger partial charge in [-0.05, 0) is 30.5 Å². The lowest BCUT2D eigenvalue weighted by Crippen LogP contribution is -2.47. The second-order valence-corrected chi connectivity index (χ2v) is 8.19. The lowest BCUT2D eigenvalue weighted by Gasteiger charge is -2.38. The van der Waals surface area contributed by atoms with E-state index in [0.29, 0.717) is 35.7 Å². The number of hydrogen-bond donors (Lipinski definition) is 2. The molecule has 1 aromatic carbocycles. The topological polar surface area (TPSA) is 58.5 Å². The first-order chi connectivity index (χ1) is 13.8. The van der Waals surface area contributed by atoms with Crippen LogP contribution in [0.4, 0.5) is 13.2 Å². The number of nitrogens with zero attached hydrogens (tertiary/aromatic N) is 2. The molecule has 0 bridgehead atoms. The highest BCUT2D eigenvalue weighted by molar-refractivity contribution is 14.0. The van der Waals surface area contributed by atoms with Crippen molar-refractivity contribution >= 4 is 52.9 Å². The molecule has 11 heteroatoms. The molecule has 0 radical (unpaired) electrons. The number of benzene rings is 1.